The topological polar surface area (TPSA) is 32.7 Å². The molecule has 1 aliphatic rings. The zero-order chi connectivity index (χ0) is 15.7. The van der Waals surface area contributed by atoms with Crippen molar-refractivity contribution < 1.29 is 9.84 Å². The lowest BCUT2D eigenvalue weighted by Crippen LogP contribution is -2.53. The fourth-order valence-electron chi connectivity index (χ4n) is 2.92. The van der Waals surface area contributed by atoms with Crippen LogP contribution in [0.15, 0.2) is 54.6 Å². The number of nitrogens with zero attached hydrogens (tertiary/aromatic N) is 1. The van der Waals surface area contributed by atoms with E-state index in [0.29, 0.717) is 11.6 Å². The Morgan fingerprint density at radius 2 is 1.74 bits per heavy atom. The summed E-state index contributed by atoms with van der Waals surface area (Å²) in [6.07, 6.45) is -0.194. The molecule has 0 aliphatic carbocycles. The second-order valence-electron chi connectivity index (χ2n) is 5.90. The van der Waals surface area contributed by atoms with Crippen LogP contribution in [0, 0.1) is 0 Å². The van der Waals surface area contributed by atoms with Crippen molar-refractivity contribution in [2.45, 2.75) is 24.9 Å². The second kappa shape index (κ2) is 7.20. The number of hydrogen-bond acceptors (Lipinski definition) is 3. The van der Waals surface area contributed by atoms with E-state index in [1.54, 1.807) is 12.1 Å². The third-order valence-electron chi connectivity index (χ3n) is 4.34. The third-order valence-corrected chi connectivity index (χ3v) is 4.59. The van der Waals surface area contributed by atoms with Crippen LogP contribution in [-0.4, -0.2) is 29.6 Å². The number of likely N-dealkylation sites (N-methyl/N-ethyl adjacent to an activating group) is 1. The molecule has 0 amide bonds. The molecule has 3 nitrogen and oxygen atoms in total. The highest BCUT2D eigenvalue weighted by atomic mass is 35.5. The van der Waals surface area contributed by atoms with E-state index in [1.807, 2.05) is 49.5 Å². The molecule has 1 fully saturated rings. The molecule has 1 aliphatic heterocycles. The van der Waals surface area contributed by atoms with Gasteiger partial charge in [-0.2, -0.15) is 0 Å². The highest BCUT2D eigenvalue weighted by Gasteiger charge is 2.43. The van der Waals surface area contributed by atoms with Gasteiger partial charge in [-0.3, -0.25) is 4.90 Å². The first-order valence-corrected chi connectivity index (χ1v) is 7.79. The summed E-state index contributed by atoms with van der Waals surface area (Å²) in [7, 11) is 2.00. The highest BCUT2D eigenvalue weighted by molar-refractivity contribution is 6.30. The van der Waals surface area contributed by atoms with Crippen LogP contribution in [0.25, 0.3) is 0 Å². The van der Waals surface area contributed by atoms with Gasteiger partial charge in [0.05, 0.1) is 6.54 Å². The van der Waals surface area contributed by atoms with E-state index in [4.69, 9.17) is 16.3 Å². The smallest absolute Gasteiger partial charge is 0.206 e. The molecule has 0 bridgehead atoms. The summed E-state index contributed by atoms with van der Waals surface area (Å²) >= 11 is 5.94. The molecule has 1 N–H and O–H groups in total. The van der Waals surface area contributed by atoms with Crippen LogP contribution in [0.1, 0.15) is 24.2 Å². The second-order valence-corrected chi connectivity index (χ2v) is 6.33. The first-order chi connectivity index (χ1) is 10.5. The quantitative estimate of drug-likeness (QED) is 0.885. The first kappa shape index (κ1) is 18.2. The van der Waals surface area contributed by atoms with Crippen molar-refractivity contribution in [2.75, 3.05) is 13.6 Å². The zero-order valence-electron chi connectivity index (χ0n) is 13.1. The average Bonchev–Trinajstić information content (AvgIpc) is 2.52. The fraction of sp³-hybridized carbons (Fsp3) is 0.333. The van der Waals surface area contributed by atoms with E-state index in [1.165, 1.54) is 0 Å². The van der Waals surface area contributed by atoms with Crippen molar-refractivity contribution in [3.8, 4) is 0 Å². The summed E-state index contributed by atoms with van der Waals surface area (Å²) in [5.41, 5.74) is 1.78. The maximum absolute atomic E-state index is 11.0. The Kier molecular flexibility index (Phi) is 5.71. The minimum absolute atomic E-state index is 0. The van der Waals surface area contributed by atoms with Gasteiger partial charge in [-0.15, -0.1) is 12.4 Å². The van der Waals surface area contributed by atoms with E-state index >= 15 is 0 Å². The number of ether oxygens (including phenoxy) is 1. The van der Waals surface area contributed by atoms with E-state index in [9.17, 15) is 5.11 Å². The lowest BCUT2D eigenvalue weighted by Gasteiger charge is -2.46. The Hall–Kier alpha value is -1.10. The SMILES string of the molecule is C[C@H]1[C@H](c2ccccc2)O[C@](O)(c2ccc(Cl)cc2)CN1C.Cl. The van der Waals surface area contributed by atoms with Crippen LogP contribution in [0.3, 0.4) is 0 Å². The normalized spacial score (nSPS) is 28.2. The largest absolute Gasteiger partial charge is 0.361 e. The number of β-amino-alcohol motifs (C(OH)–C–C–N with tert-alkyl or cyclic N) is 1. The zero-order valence-corrected chi connectivity index (χ0v) is 14.7. The van der Waals surface area contributed by atoms with Crippen molar-refractivity contribution in [3.63, 3.8) is 0 Å². The minimum Gasteiger partial charge on any atom is -0.361 e. The van der Waals surface area contributed by atoms with Gasteiger partial charge in [0.15, 0.2) is 0 Å². The molecular weight excluding hydrogens is 333 g/mol. The van der Waals surface area contributed by atoms with Crippen molar-refractivity contribution >= 4 is 24.0 Å². The van der Waals surface area contributed by atoms with Crippen LogP contribution >= 0.6 is 24.0 Å². The van der Waals surface area contributed by atoms with Crippen LogP contribution < -0.4 is 0 Å². The fourth-order valence-corrected chi connectivity index (χ4v) is 3.04. The molecule has 0 saturated carbocycles. The molecule has 23 heavy (non-hydrogen) atoms. The number of aliphatic hydroxyl groups is 1. The Bertz CT molecular complexity index is 635. The summed E-state index contributed by atoms with van der Waals surface area (Å²) in [6.45, 7) is 2.53. The van der Waals surface area contributed by atoms with E-state index in [0.717, 1.165) is 11.1 Å². The van der Waals surface area contributed by atoms with Crippen molar-refractivity contribution in [1.82, 2.24) is 4.90 Å². The molecule has 2 aromatic carbocycles. The first-order valence-electron chi connectivity index (χ1n) is 7.41. The van der Waals surface area contributed by atoms with Gasteiger partial charge in [0, 0.05) is 16.6 Å². The Labute approximate surface area is 148 Å². The summed E-state index contributed by atoms with van der Waals surface area (Å²) in [5.74, 6) is -1.34. The molecule has 0 radical (unpaired) electrons. The van der Waals surface area contributed by atoms with Gasteiger partial charge < -0.3 is 9.84 Å². The standard InChI is InChI=1S/C18H20ClNO2.ClH/c1-13-17(14-6-4-3-5-7-14)22-18(21,12-20(13)2)15-8-10-16(19)11-9-15;/h3-11,13,17,21H,12H2,1-2H3;1H/t13-,17+,18-;/m0./s1. The van der Waals surface area contributed by atoms with Gasteiger partial charge in [-0.25, -0.2) is 0 Å². The number of morpholine rings is 1. The van der Waals surface area contributed by atoms with Crippen LogP contribution in [-0.2, 0) is 10.5 Å². The molecule has 0 aromatic heterocycles. The molecule has 124 valence electrons. The van der Waals surface area contributed by atoms with Gasteiger partial charge in [-0.05, 0) is 31.7 Å². The van der Waals surface area contributed by atoms with Crippen LogP contribution in [0.2, 0.25) is 5.02 Å². The Morgan fingerprint density at radius 3 is 2.35 bits per heavy atom. The predicted molar refractivity (Wildman–Crippen MR) is 95.0 cm³/mol. The van der Waals surface area contributed by atoms with Gasteiger partial charge in [0.2, 0.25) is 5.79 Å². The summed E-state index contributed by atoms with van der Waals surface area (Å²) in [6, 6.07) is 17.4. The molecule has 1 saturated heterocycles. The molecule has 3 rings (SSSR count). The highest BCUT2D eigenvalue weighted by Crippen LogP contribution is 2.39. The lowest BCUT2D eigenvalue weighted by atomic mass is 9.96. The molecule has 3 atom stereocenters. The minimum atomic E-state index is -1.34. The molecule has 0 unspecified atom stereocenters. The number of rotatable bonds is 2. The van der Waals surface area contributed by atoms with E-state index < -0.39 is 5.79 Å². The molecular formula is C18H21Cl2NO2. The van der Waals surface area contributed by atoms with Crippen LogP contribution in [0.4, 0.5) is 0 Å². The number of hydrogen-bond donors (Lipinski definition) is 1. The summed E-state index contributed by atoms with van der Waals surface area (Å²) in [5, 5.41) is 11.7. The maximum Gasteiger partial charge on any atom is 0.206 e. The van der Waals surface area contributed by atoms with Crippen molar-refractivity contribution in [1.29, 1.82) is 0 Å². The lowest BCUT2D eigenvalue weighted by molar-refractivity contribution is -0.289. The molecule has 1 heterocycles. The van der Waals surface area contributed by atoms with Gasteiger partial charge in [0.1, 0.15) is 6.10 Å². The monoisotopic (exact) mass is 353 g/mol. The van der Waals surface area contributed by atoms with Gasteiger partial charge >= 0.3 is 0 Å². The number of benzene rings is 2. The summed E-state index contributed by atoms with van der Waals surface area (Å²) < 4.78 is 6.14. The molecule has 0 spiro atoms. The Balaban J connectivity index is 0.00000192. The van der Waals surface area contributed by atoms with Gasteiger partial charge in [-0.1, -0.05) is 54.1 Å². The van der Waals surface area contributed by atoms with Crippen molar-refractivity contribution in [2.24, 2.45) is 0 Å². The van der Waals surface area contributed by atoms with Crippen molar-refractivity contribution in [3.05, 3.63) is 70.7 Å². The maximum atomic E-state index is 11.0. The van der Waals surface area contributed by atoms with Crippen LogP contribution in [0.5, 0.6) is 0 Å². The predicted octanol–water partition coefficient (Wildman–Crippen LogP) is 4.00. The summed E-state index contributed by atoms with van der Waals surface area (Å²) in [4.78, 5) is 2.12. The third kappa shape index (κ3) is 3.70. The molecule has 5 heteroatoms. The number of halogens is 2. The molecule has 2 aromatic rings. The van der Waals surface area contributed by atoms with Gasteiger partial charge in [0.25, 0.3) is 0 Å². The van der Waals surface area contributed by atoms with E-state index in [-0.39, 0.29) is 24.6 Å². The Morgan fingerprint density at radius 1 is 1.13 bits per heavy atom. The van der Waals surface area contributed by atoms with E-state index in [2.05, 4.69) is 11.8 Å². The average molecular weight is 354 g/mol.